The second-order valence-electron chi connectivity index (χ2n) is 14.8. The Morgan fingerprint density at radius 2 is 0.845 bits per heavy atom. The van der Waals surface area contributed by atoms with Crippen LogP contribution in [0.5, 0.6) is 0 Å². The molecule has 0 fully saturated rings. The minimum Gasteiger partial charge on any atom is -0.311 e. The van der Waals surface area contributed by atoms with Crippen molar-refractivity contribution in [1.29, 1.82) is 0 Å². The lowest BCUT2D eigenvalue weighted by atomic mass is 9.92. The van der Waals surface area contributed by atoms with Crippen LogP contribution in [0.15, 0.2) is 200 Å². The first-order valence-electron chi connectivity index (χ1n) is 19.6. The minimum atomic E-state index is 0.839. The fourth-order valence-corrected chi connectivity index (χ4v) is 7.69. The van der Waals surface area contributed by atoms with Crippen LogP contribution in [0.4, 0.5) is 17.1 Å². The summed E-state index contributed by atoms with van der Waals surface area (Å²) in [6, 6.07) is 66.1. The zero-order chi connectivity index (χ0) is 39.0. The van der Waals surface area contributed by atoms with Gasteiger partial charge in [0.2, 0.25) is 0 Å². The number of anilines is 3. The molecule has 5 nitrogen and oxygen atoms in total. The van der Waals surface area contributed by atoms with Crippen LogP contribution in [0.2, 0.25) is 0 Å². The normalized spacial score (nSPS) is 11.3. The monoisotopic (exact) mass is 745 g/mol. The third-order valence-electron chi connectivity index (χ3n) is 10.8. The molecule has 10 aromatic rings. The van der Waals surface area contributed by atoms with Gasteiger partial charge in [-0.15, -0.1) is 0 Å². The van der Waals surface area contributed by atoms with Crippen molar-refractivity contribution in [3.8, 4) is 56.0 Å². The van der Waals surface area contributed by atoms with E-state index in [-0.39, 0.29) is 0 Å². The molecule has 3 heterocycles. The number of hydrogen-bond donors (Lipinski definition) is 0. The fraction of sp³-hybridized carbons (Fsp3) is 0.0377. The van der Waals surface area contributed by atoms with Gasteiger partial charge >= 0.3 is 0 Å². The topological polar surface area (TPSA) is 46.3 Å². The molecule has 5 heteroatoms. The first kappa shape index (κ1) is 34.8. The van der Waals surface area contributed by atoms with Crippen LogP contribution in [0, 0.1) is 13.8 Å². The summed E-state index contributed by atoms with van der Waals surface area (Å²) in [4.78, 5) is 18.0. The maximum Gasteiger partial charge on any atom is 0.137 e. The number of benzene rings is 7. The lowest BCUT2D eigenvalue weighted by Gasteiger charge is -2.26. The van der Waals surface area contributed by atoms with Gasteiger partial charge in [0, 0.05) is 46.1 Å². The van der Waals surface area contributed by atoms with Crippen molar-refractivity contribution >= 4 is 33.7 Å². The Balaban J connectivity index is 1.08. The molecular formula is C53H39N5. The van der Waals surface area contributed by atoms with Crippen LogP contribution in [0.3, 0.4) is 0 Å². The van der Waals surface area contributed by atoms with E-state index >= 15 is 0 Å². The molecule has 58 heavy (non-hydrogen) atoms. The molecule has 0 aliphatic heterocycles. The summed E-state index contributed by atoms with van der Waals surface area (Å²) in [6.07, 6.45) is 4.10. The van der Waals surface area contributed by atoms with Gasteiger partial charge in [-0.05, 0) is 96.8 Å². The van der Waals surface area contributed by atoms with E-state index in [1.807, 2.05) is 30.5 Å². The molecule has 0 saturated carbocycles. The highest BCUT2D eigenvalue weighted by Gasteiger charge is 2.19. The Morgan fingerprint density at radius 1 is 0.397 bits per heavy atom. The van der Waals surface area contributed by atoms with Crippen LogP contribution in [-0.4, -0.2) is 19.4 Å². The van der Waals surface area contributed by atoms with Crippen LogP contribution >= 0.6 is 0 Å². The molecule has 10 rings (SSSR count). The molecule has 0 spiro atoms. The molecule has 0 aliphatic carbocycles. The number of para-hydroxylation sites is 1. The van der Waals surface area contributed by atoms with Gasteiger partial charge < -0.3 is 9.30 Å². The highest BCUT2D eigenvalue weighted by Crippen LogP contribution is 2.40. The molecule has 0 bridgehead atoms. The number of rotatable bonds is 8. The molecule has 0 unspecified atom stereocenters. The largest absolute Gasteiger partial charge is 0.311 e. The Kier molecular flexibility index (Phi) is 8.88. The van der Waals surface area contributed by atoms with E-state index in [1.165, 1.54) is 11.1 Å². The van der Waals surface area contributed by atoms with E-state index < -0.39 is 0 Å². The predicted octanol–water partition coefficient (Wildman–Crippen LogP) is 13.7. The van der Waals surface area contributed by atoms with Gasteiger partial charge in [-0.1, -0.05) is 139 Å². The summed E-state index contributed by atoms with van der Waals surface area (Å²) in [5, 5.41) is 0. The van der Waals surface area contributed by atoms with Gasteiger partial charge in [-0.2, -0.15) is 0 Å². The van der Waals surface area contributed by atoms with Crippen molar-refractivity contribution in [3.05, 3.63) is 212 Å². The zero-order valence-corrected chi connectivity index (χ0v) is 32.3. The van der Waals surface area contributed by atoms with E-state index in [0.717, 1.165) is 89.8 Å². The first-order valence-corrected chi connectivity index (χ1v) is 19.6. The average molecular weight is 746 g/mol. The van der Waals surface area contributed by atoms with Gasteiger partial charge in [-0.25, -0.2) is 15.0 Å². The minimum absolute atomic E-state index is 0.839. The van der Waals surface area contributed by atoms with Crippen molar-refractivity contribution < 1.29 is 0 Å². The summed E-state index contributed by atoms with van der Waals surface area (Å²) in [7, 11) is 0. The number of fused-ring (bicyclic) bond motifs is 2. The third kappa shape index (κ3) is 6.69. The number of hydrogen-bond acceptors (Lipinski definition) is 4. The third-order valence-corrected chi connectivity index (χ3v) is 10.8. The molecular weight excluding hydrogens is 707 g/mol. The molecule has 276 valence electrons. The molecule has 0 aliphatic rings. The van der Waals surface area contributed by atoms with E-state index in [9.17, 15) is 0 Å². The molecule has 0 radical (unpaired) electrons. The summed E-state index contributed by atoms with van der Waals surface area (Å²) >= 11 is 0. The van der Waals surface area contributed by atoms with E-state index in [4.69, 9.17) is 15.0 Å². The van der Waals surface area contributed by atoms with Gasteiger partial charge in [0.25, 0.3) is 0 Å². The van der Waals surface area contributed by atoms with E-state index in [0.29, 0.717) is 0 Å². The molecule has 0 N–H and O–H groups in total. The SMILES string of the molecule is Cc1ccc(-c2cc3nc(-c4ccccc4)c(-c4ccc(N(c5ccccc5)c5ccc(-c6cn7ccccc7n6)cc5)cc4)nc3cc2-c2ccc(C)cc2)cc1. The number of aryl methyl sites for hydroxylation is 2. The quantitative estimate of drug-likeness (QED) is 0.155. The summed E-state index contributed by atoms with van der Waals surface area (Å²) in [6.45, 7) is 4.25. The summed E-state index contributed by atoms with van der Waals surface area (Å²) < 4.78 is 2.05. The van der Waals surface area contributed by atoms with Crippen molar-refractivity contribution in [2.24, 2.45) is 0 Å². The molecule has 0 saturated heterocycles. The lowest BCUT2D eigenvalue weighted by molar-refractivity contribution is 1.19. The van der Waals surface area contributed by atoms with Gasteiger partial charge in [-0.3, -0.25) is 0 Å². The maximum atomic E-state index is 5.44. The average Bonchev–Trinajstić information content (AvgIpc) is 3.72. The second kappa shape index (κ2) is 14.8. The van der Waals surface area contributed by atoms with Crippen molar-refractivity contribution in [2.75, 3.05) is 4.90 Å². The van der Waals surface area contributed by atoms with Gasteiger partial charge in [0.15, 0.2) is 0 Å². The van der Waals surface area contributed by atoms with Crippen molar-refractivity contribution in [2.45, 2.75) is 13.8 Å². The van der Waals surface area contributed by atoms with Gasteiger partial charge in [0.1, 0.15) is 5.65 Å². The number of imidazole rings is 1. The Labute approximate surface area is 338 Å². The van der Waals surface area contributed by atoms with Crippen LogP contribution in [-0.2, 0) is 0 Å². The number of aromatic nitrogens is 4. The Morgan fingerprint density at radius 3 is 1.38 bits per heavy atom. The van der Waals surface area contributed by atoms with Crippen LogP contribution < -0.4 is 4.90 Å². The molecule has 7 aromatic carbocycles. The Bertz CT molecular complexity index is 2990. The van der Waals surface area contributed by atoms with Crippen molar-refractivity contribution in [3.63, 3.8) is 0 Å². The first-order chi connectivity index (χ1) is 28.5. The molecule has 3 aromatic heterocycles. The molecule has 0 atom stereocenters. The van der Waals surface area contributed by atoms with Crippen LogP contribution in [0.1, 0.15) is 11.1 Å². The van der Waals surface area contributed by atoms with Gasteiger partial charge in [0.05, 0.1) is 28.1 Å². The number of pyridine rings is 1. The smallest absolute Gasteiger partial charge is 0.137 e. The predicted molar refractivity (Wildman–Crippen MR) is 240 cm³/mol. The highest BCUT2D eigenvalue weighted by molar-refractivity contribution is 5.96. The van der Waals surface area contributed by atoms with Crippen LogP contribution in [0.25, 0.3) is 72.7 Å². The molecule has 0 amide bonds. The van der Waals surface area contributed by atoms with E-state index in [1.54, 1.807) is 0 Å². The maximum absolute atomic E-state index is 5.44. The number of nitrogens with zero attached hydrogens (tertiary/aromatic N) is 5. The standard InChI is InChI=1S/C53H39N5/c1-36-16-20-38(21-17-36)46-33-48-49(34-47(46)39-22-18-37(2)19-23-39)56-53(52(55-48)41-11-5-3-6-12-41)42-26-30-45(31-27-42)58(43-13-7-4-8-14-43)44-28-24-40(25-29-44)50-35-57-32-10-9-15-51(57)54-50/h3-35H,1-2H3. The van der Waals surface area contributed by atoms with E-state index in [2.05, 4.69) is 193 Å². The zero-order valence-electron chi connectivity index (χ0n) is 32.3. The fourth-order valence-electron chi connectivity index (χ4n) is 7.69. The Hall–Kier alpha value is -7.63. The summed E-state index contributed by atoms with van der Waals surface area (Å²) in [5.74, 6) is 0. The lowest BCUT2D eigenvalue weighted by Crippen LogP contribution is -2.09. The highest BCUT2D eigenvalue weighted by atomic mass is 15.1. The second-order valence-corrected chi connectivity index (χ2v) is 14.8. The summed E-state index contributed by atoms with van der Waals surface area (Å²) in [5.41, 5.74) is 18.5. The van der Waals surface area contributed by atoms with Crippen molar-refractivity contribution in [1.82, 2.24) is 19.4 Å².